The van der Waals surface area contributed by atoms with E-state index in [9.17, 15) is 0 Å². The fourth-order valence-corrected chi connectivity index (χ4v) is 3.04. The minimum absolute atomic E-state index is 0.504. The van der Waals surface area contributed by atoms with Crippen LogP contribution in [0.1, 0.15) is 32.6 Å². The first-order valence-electron chi connectivity index (χ1n) is 8.32. The van der Waals surface area contributed by atoms with Crippen molar-refractivity contribution in [1.82, 2.24) is 25.7 Å². The van der Waals surface area contributed by atoms with Gasteiger partial charge in [0.25, 0.3) is 0 Å². The van der Waals surface area contributed by atoms with Crippen LogP contribution in [-0.2, 0) is 0 Å². The van der Waals surface area contributed by atoms with Gasteiger partial charge in [-0.2, -0.15) is 15.0 Å². The van der Waals surface area contributed by atoms with Crippen LogP contribution in [0, 0.1) is 0 Å². The molecule has 2 fully saturated rings. The van der Waals surface area contributed by atoms with Gasteiger partial charge in [0.05, 0.1) is 0 Å². The number of thiocarbonyl (C=S) groups is 1. The topological polar surface area (TPSA) is 81.2 Å². The maximum Gasteiger partial charge on any atom is 0.248 e. The predicted octanol–water partition coefficient (Wildman–Crippen LogP) is 0.883. The number of nitrogens with one attached hydrogen (secondary N) is 3. The van der Waals surface area contributed by atoms with E-state index in [1.54, 1.807) is 0 Å². The second-order valence-corrected chi connectivity index (χ2v) is 6.17. The standard InChI is InChI=1S/C14H24N8S/c1-2-15-14(23)20-19-11-16-12(21-7-3-4-8-21)18-13(17-11)22-9-5-6-10-22/h2-10H2,1H3,(H2,15,20,23)(H,16,17,18,19). The van der Waals surface area contributed by atoms with Crippen molar-refractivity contribution in [3.63, 3.8) is 0 Å². The predicted molar refractivity (Wildman–Crippen MR) is 95.8 cm³/mol. The maximum atomic E-state index is 5.16. The lowest BCUT2D eigenvalue weighted by Crippen LogP contribution is -2.39. The Morgan fingerprint density at radius 1 is 0.957 bits per heavy atom. The summed E-state index contributed by atoms with van der Waals surface area (Å²) in [6.07, 6.45) is 4.76. The number of nitrogens with zero attached hydrogens (tertiary/aromatic N) is 5. The molecule has 0 aliphatic carbocycles. The first-order chi connectivity index (χ1) is 11.3. The molecule has 0 amide bonds. The van der Waals surface area contributed by atoms with Crippen LogP contribution in [0.2, 0.25) is 0 Å². The molecule has 2 aliphatic rings. The van der Waals surface area contributed by atoms with Crippen molar-refractivity contribution in [2.45, 2.75) is 32.6 Å². The second kappa shape index (κ2) is 7.58. The summed E-state index contributed by atoms with van der Waals surface area (Å²) < 4.78 is 0. The third-order valence-corrected chi connectivity index (χ3v) is 4.26. The molecule has 0 aromatic carbocycles. The van der Waals surface area contributed by atoms with Crippen molar-refractivity contribution < 1.29 is 0 Å². The van der Waals surface area contributed by atoms with Crippen LogP contribution in [0.15, 0.2) is 0 Å². The van der Waals surface area contributed by atoms with Crippen molar-refractivity contribution in [3.8, 4) is 0 Å². The van der Waals surface area contributed by atoms with Gasteiger partial charge in [-0.1, -0.05) is 0 Å². The van der Waals surface area contributed by atoms with Crippen LogP contribution >= 0.6 is 12.2 Å². The number of hydrogen-bond donors (Lipinski definition) is 3. The maximum absolute atomic E-state index is 5.16. The zero-order valence-electron chi connectivity index (χ0n) is 13.5. The molecule has 8 nitrogen and oxygen atoms in total. The average Bonchev–Trinajstić information content (AvgIpc) is 3.26. The molecule has 2 aliphatic heterocycles. The summed E-state index contributed by atoms with van der Waals surface area (Å²) in [6.45, 7) is 6.78. The minimum Gasteiger partial charge on any atom is -0.362 e. The summed E-state index contributed by atoms with van der Waals surface area (Å²) in [6, 6.07) is 0. The van der Waals surface area contributed by atoms with E-state index in [4.69, 9.17) is 12.2 Å². The van der Waals surface area contributed by atoms with Gasteiger partial charge in [-0.05, 0) is 44.8 Å². The van der Waals surface area contributed by atoms with E-state index in [2.05, 4.69) is 40.9 Å². The van der Waals surface area contributed by atoms with E-state index in [1.807, 2.05) is 6.92 Å². The van der Waals surface area contributed by atoms with Gasteiger partial charge in [0.1, 0.15) is 0 Å². The Morgan fingerprint density at radius 2 is 1.48 bits per heavy atom. The summed E-state index contributed by atoms with van der Waals surface area (Å²) in [5, 5.41) is 3.55. The average molecular weight is 336 g/mol. The second-order valence-electron chi connectivity index (χ2n) is 5.76. The van der Waals surface area contributed by atoms with Crippen molar-refractivity contribution >= 4 is 35.2 Å². The molecule has 3 N–H and O–H groups in total. The summed E-state index contributed by atoms with van der Waals surface area (Å²) in [4.78, 5) is 18.2. The monoisotopic (exact) mass is 336 g/mol. The van der Waals surface area contributed by atoms with E-state index in [1.165, 1.54) is 25.7 Å². The molecular formula is C14H24N8S. The molecule has 0 unspecified atom stereocenters. The van der Waals surface area contributed by atoms with E-state index in [-0.39, 0.29) is 0 Å². The van der Waals surface area contributed by atoms with Crippen molar-refractivity contribution in [1.29, 1.82) is 0 Å². The van der Waals surface area contributed by atoms with Crippen LogP contribution in [0.5, 0.6) is 0 Å². The van der Waals surface area contributed by atoms with Gasteiger partial charge in [-0.25, -0.2) is 0 Å². The number of aromatic nitrogens is 3. The minimum atomic E-state index is 0.504. The lowest BCUT2D eigenvalue weighted by molar-refractivity contribution is 0.831. The zero-order valence-corrected chi connectivity index (χ0v) is 14.3. The van der Waals surface area contributed by atoms with Crippen LogP contribution in [0.25, 0.3) is 0 Å². The molecule has 126 valence electrons. The highest BCUT2D eigenvalue weighted by Gasteiger charge is 2.21. The highest BCUT2D eigenvalue weighted by molar-refractivity contribution is 7.80. The van der Waals surface area contributed by atoms with Crippen LogP contribution < -0.4 is 26.0 Å². The SMILES string of the molecule is CCNC(=S)NNc1nc(N2CCCC2)nc(N2CCCC2)n1. The van der Waals surface area contributed by atoms with Gasteiger partial charge in [0.2, 0.25) is 17.8 Å². The van der Waals surface area contributed by atoms with E-state index in [0.29, 0.717) is 11.1 Å². The quantitative estimate of drug-likeness (QED) is 0.536. The van der Waals surface area contributed by atoms with Crippen molar-refractivity contribution in [2.75, 3.05) is 47.9 Å². The van der Waals surface area contributed by atoms with Crippen LogP contribution in [0.4, 0.5) is 17.8 Å². The molecule has 0 bridgehead atoms. The number of anilines is 3. The van der Waals surface area contributed by atoms with Crippen molar-refractivity contribution in [2.24, 2.45) is 0 Å². The van der Waals surface area contributed by atoms with Crippen molar-refractivity contribution in [3.05, 3.63) is 0 Å². The lowest BCUT2D eigenvalue weighted by atomic mass is 10.4. The molecular weight excluding hydrogens is 312 g/mol. The molecule has 1 aromatic rings. The molecule has 0 saturated carbocycles. The largest absolute Gasteiger partial charge is 0.362 e. The Hall–Kier alpha value is -1.90. The Morgan fingerprint density at radius 3 is 1.96 bits per heavy atom. The first kappa shape index (κ1) is 16.0. The number of hydrazine groups is 1. The number of rotatable bonds is 5. The van der Waals surface area contributed by atoms with Gasteiger partial charge in [-0.3, -0.25) is 10.9 Å². The molecule has 23 heavy (non-hydrogen) atoms. The van der Waals surface area contributed by atoms with Gasteiger partial charge in [0, 0.05) is 32.7 Å². The van der Waals surface area contributed by atoms with Gasteiger partial charge in [-0.15, -0.1) is 0 Å². The normalized spacial score (nSPS) is 17.4. The molecule has 3 rings (SSSR count). The Bertz CT molecular complexity index is 505. The molecule has 9 heteroatoms. The Kier molecular flexibility index (Phi) is 5.27. The fourth-order valence-electron chi connectivity index (χ4n) is 2.84. The molecule has 0 atom stereocenters. The summed E-state index contributed by atoms with van der Waals surface area (Å²) >= 11 is 5.16. The molecule has 3 heterocycles. The highest BCUT2D eigenvalue weighted by atomic mass is 32.1. The molecule has 2 saturated heterocycles. The molecule has 0 radical (unpaired) electrons. The third kappa shape index (κ3) is 4.10. The van der Waals surface area contributed by atoms with Crippen LogP contribution in [-0.4, -0.2) is 52.8 Å². The van der Waals surface area contributed by atoms with Gasteiger partial charge < -0.3 is 15.1 Å². The van der Waals surface area contributed by atoms with E-state index >= 15 is 0 Å². The zero-order chi connectivity index (χ0) is 16.1. The fraction of sp³-hybridized carbons (Fsp3) is 0.714. The van der Waals surface area contributed by atoms with E-state index < -0.39 is 0 Å². The summed E-state index contributed by atoms with van der Waals surface area (Å²) in [7, 11) is 0. The lowest BCUT2D eigenvalue weighted by Gasteiger charge is -2.21. The summed E-state index contributed by atoms with van der Waals surface area (Å²) in [5.41, 5.74) is 5.90. The highest BCUT2D eigenvalue weighted by Crippen LogP contribution is 2.22. The van der Waals surface area contributed by atoms with E-state index in [0.717, 1.165) is 44.6 Å². The summed E-state index contributed by atoms with van der Waals surface area (Å²) in [5.74, 6) is 2.00. The first-order valence-corrected chi connectivity index (χ1v) is 8.73. The van der Waals surface area contributed by atoms with Gasteiger partial charge in [0.15, 0.2) is 5.11 Å². The Balaban J connectivity index is 1.77. The smallest absolute Gasteiger partial charge is 0.248 e. The Labute approximate surface area is 142 Å². The van der Waals surface area contributed by atoms with Gasteiger partial charge >= 0.3 is 0 Å². The van der Waals surface area contributed by atoms with Crippen LogP contribution in [0.3, 0.4) is 0 Å². The molecule has 0 spiro atoms. The molecule has 1 aromatic heterocycles. The number of hydrogen-bond acceptors (Lipinski definition) is 7. The third-order valence-electron chi connectivity index (χ3n) is 4.01.